The quantitative estimate of drug-likeness (QED) is 0.423. The lowest BCUT2D eigenvalue weighted by atomic mass is 10.2. The second-order valence-electron chi connectivity index (χ2n) is 2.35. The zero-order valence-corrected chi connectivity index (χ0v) is 6.85. The lowest BCUT2D eigenvalue weighted by Crippen LogP contribution is -2.24. The molecule has 0 aliphatic rings. The van der Waals surface area contributed by atoms with Crippen LogP contribution in [0.3, 0.4) is 0 Å². The fourth-order valence-corrected chi connectivity index (χ4v) is 0.706. The van der Waals surface area contributed by atoms with E-state index in [2.05, 4.69) is 11.9 Å². The summed E-state index contributed by atoms with van der Waals surface area (Å²) in [5, 5.41) is 13.2. The molecular formula is C8H14NO2-. The van der Waals surface area contributed by atoms with Crippen molar-refractivity contribution >= 4 is 5.97 Å². The Kier molecular flexibility index (Phi) is 5.47. The van der Waals surface area contributed by atoms with E-state index < -0.39 is 5.97 Å². The summed E-state index contributed by atoms with van der Waals surface area (Å²) in [5.74, 6) is -1.14. The van der Waals surface area contributed by atoms with Gasteiger partial charge in [-0.1, -0.05) is 13.5 Å². The van der Waals surface area contributed by atoms with Gasteiger partial charge in [-0.2, -0.15) is 0 Å². The van der Waals surface area contributed by atoms with E-state index in [9.17, 15) is 9.90 Å². The Morgan fingerprint density at radius 1 is 1.64 bits per heavy atom. The van der Waals surface area contributed by atoms with E-state index in [0.717, 1.165) is 19.5 Å². The average Bonchev–Trinajstić information content (AvgIpc) is 1.97. The van der Waals surface area contributed by atoms with Gasteiger partial charge in [0.05, 0.1) is 5.97 Å². The van der Waals surface area contributed by atoms with Crippen molar-refractivity contribution in [1.29, 1.82) is 0 Å². The van der Waals surface area contributed by atoms with Crippen LogP contribution in [-0.2, 0) is 4.79 Å². The third-order valence-electron chi connectivity index (χ3n) is 1.37. The van der Waals surface area contributed by atoms with Gasteiger partial charge in [0.25, 0.3) is 0 Å². The van der Waals surface area contributed by atoms with Crippen LogP contribution in [0, 0.1) is 0 Å². The third kappa shape index (κ3) is 5.61. The van der Waals surface area contributed by atoms with Crippen LogP contribution in [0.25, 0.3) is 0 Å². The zero-order valence-electron chi connectivity index (χ0n) is 6.85. The van der Waals surface area contributed by atoms with E-state index in [1.807, 2.05) is 6.92 Å². The fraction of sp³-hybridized carbons (Fsp3) is 0.625. The van der Waals surface area contributed by atoms with E-state index in [1.54, 1.807) is 0 Å². The summed E-state index contributed by atoms with van der Waals surface area (Å²) in [6.45, 7) is 7.12. The smallest absolute Gasteiger partial charge is 0.0668 e. The zero-order chi connectivity index (χ0) is 8.69. The Morgan fingerprint density at radius 3 is 2.73 bits per heavy atom. The molecule has 0 amide bonds. The standard InChI is InChI=1S/C8H15NO2/c1-3-9-6-4-5-7(2)8(10)11/h9H,2-6H2,1H3,(H,10,11)/p-1. The molecule has 3 nitrogen and oxygen atoms in total. The van der Waals surface area contributed by atoms with Crippen molar-refractivity contribution in [1.82, 2.24) is 5.32 Å². The Balaban J connectivity index is 3.25. The molecule has 0 aromatic heterocycles. The second-order valence-corrected chi connectivity index (χ2v) is 2.35. The van der Waals surface area contributed by atoms with Crippen LogP contribution in [0.5, 0.6) is 0 Å². The van der Waals surface area contributed by atoms with Crippen molar-refractivity contribution in [3.05, 3.63) is 12.2 Å². The molecule has 0 rings (SSSR count). The van der Waals surface area contributed by atoms with Gasteiger partial charge in [0.1, 0.15) is 0 Å². The first-order chi connectivity index (χ1) is 5.18. The molecule has 0 aromatic carbocycles. The molecule has 0 spiro atoms. The molecule has 0 saturated heterocycles. The highest BCUT2D eigenvalue weighted by Gasteiger charge is 1.93. The highest BCUT2D eigenvalue weighted by Crippen LogP contribution is 1.98. The van der Waals surface area contributed by atoms with E-state index in [0.29, 0.717) is 6.42 Å². The normalized spacial score (nSPS) is 9.55. The summed E-state index contributed by atoms with van der Waals surface area (Å²) in [5.41, 5.74) is 0.183. The number of carbonyl (C=O) groups excluding carboxylic acids is 1. The summed E-state index contributed by atoms with van der Waals surface area (Å²) in [6.07, 6.45) is 1.32. The highest BCUT2D eigenvalue weighted by atomic mass is 16.4. The van der Waals surface area contributed by atoms with Gasteiger partial charge in [-0.3, -0.25) is 0 Å². The lowest BCUT2D eigenvalue weighted by molar-refractivity contribution is -0.299. The van der Waals surface area contributed by atoms with Crippen molar-refractivity contribution in [3.8, 4) is 0 Å². The highest BCUT2D eigenvalue weighted by molar-refractivity contribution is 5.83. The van der Waals surface area contributed by atoms with Gasteiger partial charge in [0.2, 0.25) is 0 Å². The van der Waals surface area contributed by atoms with Gasteiger partial charge in [0, 0.05) is 0 Å². The van der Waals surface area contributed by atoms with Gasteiger partial charge in [-0.05, 0) is 31.5 Å². The van der Waals surface area contributed by atoms with Crippen LogP contribution in [-0.4, -0.2) is 19.1 Å². The van der Waals surface area contributed by atoms with Gasteiger partial charge in [-0.15, -0.1) is 0 Å². The number of hydrogen-bond donors (Lipinski definition) is 1. The number of nitrogens with one attached hydrogen (secondary N) is 1. The number of hydrogen-bond acceptors (Lipinski definition) is 3. The molecule has 0 heterocycles. The van der Waals surface area contributed by atoms with Gasteiger partial charge in [-0.25, -0.2) is 0 Å². The summed E-state index contributed by atoms with van der Waals surface area (Å²) in [7, 11) is 0. The fourth-order valence-electron chi connectivity index (χ4n) is 0.706. The Labute approximate surface area is 67.1 Å². The van der Waals surface area contributed by atoms with Crippen LogP contribution >= 0.6 is 0 Å². The molecule has 0 radical (unpaired) electrons. The lowest BCUT2D eigenvalue weighted by Gasteiger charge is -2.05. The van der Waals surface area contributed by atoms with Crippen molar-refractivity contribution in [2.45, 2.75) is 19.8 Å². The molecule has 0 saturated carbocycles. The molecule has 11 heavy (non-hydrogen) atoms. The molecular weight excluding hydrogens is 142 g/mol. The summed E-state index contributed by atoms with van der Waals surface area (Å²) >= 11 is 0. The third-order valence-corrected chi connectivity index (χ3v) is 1.37. The predicted molar refractivity (Wildman–Crippen MR) is 41.9 cm³/mol. The van der Waals surface area contributed by atoms with Crippen molar-refractivity contribution in [2.75, 3.05) is 13.1 Å². The van der Waals surface area contributed by atoms with Crippen LogP contribution in [0.2, 0.25) is 0 Å². The van der Waals surface area contributed by atoms with E-state index >= 15 is 0 Å². The number of aliphatic carboxylic acids is 1. The van der Waals surface area contributed by atoms with Gasteiger partial charge < -0.3 is 15.2 Å². The maximum absolute atomic E-state index is 10.1. The minimum atomic E-state index is -1.14. The SMILES string of the molecule is C=C(CCCNCC)C(=O)[O-]. The van der Waals surface area contributed by atoms with Gasteiger partial charge >= 0.3 is 0 Å². The largest absolute Gasteiger partial charge is 0.545 e. The van der Waals surface area contributed by atoms with Crippen molar-refractivity contribution in [2.24, 2.45) is 0 Å². The van der Waals surface area contributed by atoms with Crippen molar-refractivity contribution in [3.63, 3.8) is 0 Å². The summed E-state index contributed by atoms with van der Waals surface area (Å²) in [6, 6.07) is 0. The number of rotatable bonds is 6. The van der Waals surface area contributed by atoms with E-state index in [4.69, 9.17) is 0 Å². The molecule has 64 valence electrons. The summed E-state index contributed by atoms with van der Waals surface area (Å²) in [4.78, 5) is 10.1. The molecule has 0 unspecified atom stereocenters. The van der Waals surface area contributed by atoms with E-state index in [1.165, 1.54) is 0 Å². The molecule has 0 fully saturated rings. The average molecular weight is 156 g/mol. The first-order valence-electron chi connectivity index (χ1n) is 3.78. The number of carbonyl (C=O) groups is 1. The first-order valence-corrected chi connectivity index (χ1v) is 3.78. The summed E-state index contributed by atoms with van der Waals surface area (Å²) < 4.78 is 0. The minimum absolute atomic E-state index is 0.183. The van der Waals surface area contributed by atoms with Crippen LogP contribution in [0.15, 0.2) is 12.2 Å². The number of carboxylic acid groups (broad SMARTS) is 1. The topological polar surface area (TPSA) is 52.2 Å². The molecule has 0 aliphatic heterocycles. The number of carboxylic acids is 1. The van der Waals surface area contributed by atoms with E-state index in [-0.39, 0.29) is 5.57 Å². The monoisotopic (exact) mass is 156 g/mol. The molecule has 0 aliphatic carbocycles. The molecule has 1 N–H and O–H groups in total. The Bertz CT molecular complexity index is 143. The van der Waals surface area contributed by atoms with Crippen molar-refractivity contribution < 1.29 is 9.90 Å². The second kappa shape index (κ2) is 5.92. The molecule has 0 atom stereocenters. The first kappa shape index (κ1) is 10.2. The molecule has 0 bridgehead atoms. The minimum Gasteiger partial charge on any atom is -0.545 e. The maximum Gasteiger partial charge on any atom is 0.0668 e. The van der Waals surface area contributed by atoms with Crippen LogP contribution < -0.4 is 10.4 Å². The predicted octanol–water partition coefficient (Wildman–Crippen LogP) is -0.318. The maximum atomic E-state index is 10.1. The Hall–Kier alpha value is -0.830. The molecule has 3 heteroatoms. The van der Waals surface area contributed by atoms with Crippen LogP contribution in [0.1, 0.15) is 19.8 Å². The molecule has 0 aromatic rings. The van der Waals surface area contributed by atoms with Gasteiger partial charge in [0.15, 0.2) is 0 Å². The Morgan fingerprint density at radius 2 is 2.27 bits per heavy atom. The van der Waals surface area contributed by atoms with Crippen LogP contribution in [0.4, 0.5) is 0 Å².